The summed E-state index contributed by atoms with van der Waals surface area (Å²) >= 11 is 0. The second kappa shape index (κ2) is 4.14. The SMILES string of the molecule is CC1CC(Nc2nnnn2C)CCN1C. The third-order valence-corrected chi connectivity index (χ3v) is 3.16. The molecule has 84 valence electrons. The molecular formula is C9H18N6. The first kappa shape index (κ1) is 10.4. The highest BCUT2D eigenvalue weighted by atomic mass is 15.6. The molecule has 2 heterocycles. The molecule has 1 aromatic heterocycles. The summed E-state index contributed by atoms with van der Waals surface area (Å²) in [4.78, 5) is 2.38. The Morgan fingerprint density at radius 1 is 1.40 bits per heavy atom. The summed E-state index contributed by atoms with van der Waals surface area (Å²) in [5.41, 5.74) is 0. The lowest BCUT2D eigenvalue weighted by atomic mass is 9.99. The highest BCUT2D eigenvalue weighted by molar-refractivity contribution is 5.23. The van der Waals surface area contributed by atoms with E-state index < -0.39 is 0 Å². The van der Waals surface area contributed by atoms with E-state index in [0.29, 0.717) is 12.1 Å². The van der Waals surface area contributed by atoms with Gasteiger partial charge in [-0.1, -0.05) is 5.10 Å². The van der Waals surface area contributed by atoms with Gasteiger partial charge in [0, 0.05) is 25.7 Å². The number of tetrazole rings is 1. The zero-order valence-electron chi connectivity index (χ0n) is 9.51. The lowest BCUT2D eigenvalue weighted by molar-refractivity contribution is 0.189. The molecule has 0 spiro atoms. The lowest BCUT2D eigenvalue weighted by Gasteiger charge is -2.35. The van der Waals surface area contributed by atoms with Crippen LogP contribution in [0.25, 0.3) is 0 Å². The van der Waals surface area contributed by atoms with Crippen molar-refractivity contribution in [2.75, 3.05) is 18.9 Å². The monoisotopic (exact) mass is 210 g/mol. The first-order valence-corrected chi connectivity index (χ1v) is 5.36. The van der Waals surface area contributed by atoms with E-state index in [9.17, 15) is 0 Å². The fourth-order valence-corrected chi connectivity index (χ4v) is 1.95. The van der Waals surface area contributed by atoms with Gasteiger partial charge in [-0.25, -0.2) is 4.68 Å². The highest BCUT2D eigenvalue weighted by Crippen LogP contribution is 2.17. The van der Waals surface area contributed by atoms with Gasteiger partial charge in [0.05, 0.1) is 0 Å². The summed E-state index contributed by atoms with van der Waals surface area (Å²) < 4.78 is 1.67. The molecule has 1 aliphatic heterocycles. The van der Waals surface area contributed by atoms with Gasteiger partial charge in [0.2, 0.25) is 5.95 Å². The number of hydrogen-bond acceptors (Lipinski definition) is 5. The summed E-state index contributed by atoms with van der Waals surface area (Å²) in [5, 5.41) is 14.7. The van der Waals surface area contributed by atoms with E-state index >= 15 is 0 Å². The summed E-state index contributed by atoms with van der Waals surface area (Å²) in [7, 11) is 4.02. The van der Waals surface area contributed by atoms with Crippen LogP contribution in [0.1, 0.15) is 19.8 Å². The van der Waals surface area contributed by atoms with Crippen LogP contribution in [0.2, 0.25) is 0 Å². The molecule has 0 radical (unpaired) electrons. The van der Waals surface area contributed by atoms with Crippen LogP contribution in [0, 0.1) is 0 Å². The zero-order chi connectivity index (χ0) is 10.8. The fourth-order valence-electron chi connectivity index (χ4n) is 1.95. The predicted molar refractivity (Wildman–Crippen MR) is 57.5 cm³/mol. The van der Waals surface area contributed by atoms with E-state index in [1.54, 1.807) is 4.68 Å². The quantitative estimate of drug-likeness (QED) is 0.750. The van der Waals surface area contributed by atoms with Gasteiger partial charge in [0.1, 0.15) is 0 Å². The second-order valence-electron chi connectivity index (χ2n) is 4.32. The summed E-state index contributed by atoms with van der Waals surface area (Å²) in [6.07, 6.45) is 2.29. The first-order valence-electron chi connectivity index (χ1n) is 5.36. The Labute approximate surface area is 89.6 Å². The number of aromatic nitrogens is 4. The van der Waals surface area contributed by atoms with Crippen LogP contribution in [0.15, 0.2) is 0 Å². The zero-order valence-corrected chi connectivity index (χ0v) is 9.51. The molecule has 15 heavy (non-hydrogen) atoms. The Hall–Kier alpha value is -1.17. The lowest BCUT2D eigenvalue weighted by Crippen LogP contribution is -2.43. The Bertz CT molecular complexity index is 322. The predicted octanol–water partition coefficient (Wildman–Crippen LogP) is 0.105. The summed E-state index contributed by atoms with van der Waals surface area (Å²) in [6, 6.07) is 1.11. The van der Waals surface area contributed by atoms with Crippen LogP contribution in [-0.2, 0) is 7.05 Å². The normalized spacial score (nSPS) is 27.9. The molecule has 0 aromatic carbocycles. The van der Waals surface area contributed by atoms with Crippen molar-refractivity contribution in [3.63, 3.8) is 0 Å². The van der Waals surface area contributed by atoms with E-state index in [1.165, 1.54) is 0 Å². The molecular weight excluding hydrogens is 192 g/mol. The number of nitrogens with one attached hydrogen (secondary N) is 1. The van der Waals surface area contributed by atoms with E-state index in [4.69, 9.17) is 0 Å². The maximum Gasteiger partial charge on any atom is 0.242 e. The molecule has 1 fully saturated rings. The van der Waals surface area contributed by atoms with Crippen molar-refractivity contribution in [2.45, 2.75) is 31.8 Å². The van der Waals surface area contributed by atoms with Gasteiger partial charge in [0.15, 0.2) is 0 Å². The molecule has 6 heteroatoms. The van der Waals surface area contributed by atoms with Gasteiger partial charge in [-0.15, -0.1) is 0 Å². The van der Waals surface area contributed by atoms with Gasteiger partial charge in [0.25, 0.3) is 0 Å². The number of likely N-dealkylation sites (tertiary alicyclic amines) is 1. The van der Waals surface area contributed by atoms with E-state index in [2.05, 4.69) is 39.7 Å². The number of rotatable bonds is 2. The van der Waals surface area contributed by atoms with Gasteiger partial charge in [-0.2, -0.15) is 0 Å². The van der Waals surface area contributed by atoms with Crippen LogP contribution in [0.3, 0.4) is 0 Å². The van der Waals surface area contributed by atoms with Gasteiger partial charge >= 0.3 is 0 Å². The minimum absolute atomic E-state index is 0.487. The molecule has 1 aromatic rings. The van der Waals surface area contributed by atoms with Crippen molar-refractivity contribution in [1.29, 1.82) is 0 Å². The van der Waals surface area contributed by atoms with Crippen molar-refractivity contribution in [1.82, 2.24) is 25.1 Å². The third-order valence-electron chi connectivity index (χ3n) is 3.16. The van der Waals surface area contributed by atoms with Crippen LogP contribution in [0.4, 0.5) is 5.95 Å². The van der Waals surface area contributed by atoms with Crippen molar-refractivity contribution in [2.24, 2.45) is 7.05 Å². The fraction of sp³-hybridized carbons (Fsp3) is 0.889. The van der Waals surface area contributed by atoms with Crippen LogP contribution >= 0.6 is 0 Å². The molecule has 1 N–H and O–H groups in total. The molecule has 0 saturated carbocycles. The smallest absolute Gasteiger partial charge is 0.242 e. The van der Waals surface area contributed by atoms with Crippen LogP contribution in [0.5, 0.6) is 0 Å². The van der Waals surface area contributed by atoms with Crippen molar-refractivity contribution >= 4 is 5.95 Å². The molecule has 2 rings (SSSR count). The Balaban J connectivity index is 1.94. The van der Waals surface area contributed by atoms with Crippen molar-refractivity contribution in [3.05, 3.63) is 0 Å². The maximum atomic E-state index is 3.93. The average Bonchev–Trinajstić information content (AvgIpc) is 2.59. The van der Waals surface area contributed by atoms with Crippen LogP contribution < -0.4 is 5.32 Å². The topological polar surface area (TPSA) is 58.9 Å². The first-order chi connectivity index (χ1) is 7.16. The average molecular weight is 210 g/mol. The minimum atomic E-state index is 0.487. The molecule has 0 aliphatic carbocycles. The maximum absolute atomic E-state index is 3.93. The van der Waals surface area contributed by atoms with Crippen LogP contribution in [-0.4, -0.2) is 50.8 Å². The largest absolute Gasteiger partial charge is 0.350 e. The molecule has 2 unspecified atom stereocenters. The van der Waals surface area contributed by atoms with E-state index in [-0.39, 0.29) is 0 Å². The summed E-state index contributed by atoms with van der Waals surface area (Å²) in [5.74, 6) is 0.761. The van der Waals surface area contributed by atoms with E-state index in [1.807, 2.05) is 7.05 Å². The Kier molecular flexibility index (Phi) is 2.86. The van der Waals surface area contributed by atoms with Gasteiger partial charge in [-0.05, 0) is 37.2 Å². The van der Waals surface area contributed by atoms with E-state index in [0.717, 1.165) is 25.3 Å². The minimum Gasteiger partial charge on any atom is -0.350 e. The van der Waals surface area contributed by atoms with Gasteiger partial charge in [-0.3, -0.25) is 0 Å². The highest BCUT2D eigenvalue weighted by Gasteiger charge is 2.23. The molecule has 0 amide bonds. The number of piperidine rings is 1. The summed E-state index contributed by atoms with van der Waals surface area (Å²) in [6.45, 7) is 3.38. The Morgan fingerprint density at radius 2 is 2.20 bits per heavy atom. The molecule has 1 saturated heterocycles. The number of nitrogens with zero attached hydrogens (tertiary/aromatic N) is 5. The van der Waals surface area contributed by atoms with Crippen molar-refractivity contribution in [3.8, 4) is 0 Å². The molecule has 6 nitrogen and oxygen atoms in total. The number of hydrogen-bond donors (Lipinski definition) is 1. The molecule has 2 atom stereocenters. The standard InChI is InChI=1S/C9H18N6/c1-7-6-8(4-5-14(7)2)10-9-11-12-13-15(9)3/h7-8H,4-6H2,1-3H3,(H,10,11,13). The van der Waals surface area contributed by atoms with Crippen molar-refractivity contribution < 1.29 is 0 Å². The molecule has 1 aliphatic rings. The third kappa shape index (κ3) is 2.26. The Morgan fingerprint density at radius 3 is 2.80 bits per heavy atom. The second-order valence-corrected chi connectivity index (χ2v) is 4.32. The molecule has 0 bridgehead atoms. The number of aryl methyl sites for hydroxylation is 1. The van der Waals surface area contributed by atoms with Gasteiger partial charge < -0.3 is 10.2 Å². The number of anilines is 1.